The maximum absolute atomic E-state index is 13.9. The minimum absolute atomic E-state index is 0.0658. The fourth-order valence-electron chi connectivity index (χ4n) is 2.99. The van der Waals surface area contributed by atoms with E-state index >= 15 is 0 Å². The van der Waals surface area contributed by atoms with Crippen LogP contribution in [-0.2, 0) is 0 Å². The van der Waals surface area contributed by atoms with Gasteiger partial charge in [0.1, 0.15) is 5.82 Å². The van der Waals surface area contributed by atoms with Crippen molar-refractivity contribution in [2.75, 3.05) is 26.2 Å². The molecule has 4 nitrogen and oxygen atoms in total. The molecule has 2 aromatic carbocycles. The normalized spacial score (nSPS) is 14.8. The number of amides is 2. The number of nitrogens with zero attached hydrogens (tertiary/aromatic N) is 2. The summed E-state index contributed by atoms with van der Waals surface area (Å²) in [6.45, 7) is 0.678. The van der Waals surface area contributed by atoms with Crippen molar-refractivity contribution in [1.29, 1.82) is 0 Å². The summed E-state index contributed by atoms with van der Waals surface area (Å²) in [5.74, 6) is -6.53. The van der Waals surface area contributed by atoms with Crippen LogP contribution < -0.4 is 0 Å². The highest BCUT2D eigenvalue weighted by molar-refractivity contribution is 5.95. The molecule has 0 bridgehead atoms. The van der Waals surface area contributed by atoms with Crippen molar-refractivity contribution in [2.45, 2.75) is 6.42 Å². The highest BCUT2D eigenvalue weighted by Crippen LogP contribution is 2.19. The zero-order valence-corrected chi connectivity index (χ0v) is 14.2. The van der Waals surface area contributed by atoms with Gasteiger partial charge in [-0.2, -0.15) is 0 Å². The van der Waals surface area contributed by atoms with E-state index in [1.54, 1.807) is 6.07 Å². The van der Waals surface area contributed by atoms with E-state index in [9.17, 15) is 27.2 Å². The predicted molar refractivity (Wildman–Crippen MR) is 89.1 cm³/mol. The van der Waals surface area contributed by atoms with Crippen LogP contribution in [0.15, 0.2) is 36.4 Å². The van der Waals surface area contributed by atoms with Gasteiger partial charge in [-0.1, -0.05) is 12.1 Å². The molecule has 1 aliphatic heterocycles. The lowest BCUT2D eigenvalue weighted by molar-refractivity contribution is 0.0713. The maximum atomic E-state index is 13.9. The average Bonchev–Trinajstić information content (AvgIpc) is 2.92. The van der Waals surface area contributed by atoms with Gasteiger partial charge in [0.2, 0.25) is 0 Å². The van der Waals surface area contributed by atoms with Gasteiger partial charge in [-0.3, -0.25) is 9.59 Å². The molecule has 0 atom stereocenters. The Morgan fingerprint density at radius 3 is 1.89 bits per heavy atom. The number of rotatable bonds is 2. The smallest absolute Gasteiger partial charge is 0.257 e. The van der Waals surface area contributed by atoms with Crippen LogP contribution in [0.1, 0.15) is 27.1 Å². The van der Waals surface area contributed by atoms with E-state index in [1.165, 1.54) is 28.0 Å². The molecule has 0 unspecified atom stereocenters. The second-order valence-corrected chi connectivity index (χ2v) is 6.14. The summed E-state index contributed by atoms with van der Waals surface area (Å²) < 4.78 is 54.1. The van der Waals surface area contributed by atoms with Crippen molar-refractivity contribution in [1.82, 2.24) is 9.80 Å². The summed E-state index contributed by atoms with van der Waals surface area (Å²) in [5, 5.41) is 0. The predicted octanol–water partition coefficient (Wildman–Crippen LogP) is 3.23. The molecule has 0 N–H and O–H groups in total. The van der Waals surface area contributed by atoms with Crippen LogP contribution in [0.3, 0.4) is 0 Å². The molecule has 1 fully saturated rings. The van der Waals surface area contributed by atoms with E-state index in [4.69, 9.17) is 0 Å². The molecule has 1 aliphatic rings. The van der Waals surface area contributed by atoms with Gasteiger partial charge in [-0.05, 0) is 30.7 Å². The first kappa shape index (κ1) is 18.9. The topological polar surface area (TPSA) is 40.6 Å². The van der Waals surface area contributed by atoms with E-state index in [0.29, 0.717) is 12.5 Å². The largest absolute Gasteiger partial charge is 0.337 e. The zero-order chi connectivity index (χ0) is 19.6. The summed E-state index contributed by atoms with van der Waals surface area (Å²) in [7, 11) is 0. The Morgan fingerprint density at radius 2 is 1.26 bits per heavy atom. The molecular weight excluding hydrogens is 364 g/mol. The second kappa shape index (κ2) is 7.77. The van der Waals surface area contributed by atoms with Crippen LogP contribution in [0.5, 0.6) is 0 Å². The first-order chi connectivity index (χ1) is 12.9. The van der Waals surface area contributed by atoms with E-state index in [2.05, 4.69) is 0 Å². The molecule has 3 rings (SSSR count). The third-order valence-corrected chi connectivity index (χ3v) is 4.44. The van der Waals surface area contributed by atoms with Crippen molar-refractivity contribution in [3.05, 3.63) is 70.8 Å². The van der Waals surface area contributed by atoms with Gasteiger partial charge in [0, 0.05) is 26.2 Å². The molecule has 27 heavy (non-hydrogen) atoms. The Morgan fingerprint density at radius 1 is 0.667 bits per heavy atom. The average molecular weight is 380 g/mol. The van der Waals surface area contributed by atoms with Crippen molar-refractivity contribution >= 4 is 11.8 Å². The van der Waals surface area contributed by atoms with Crippen LogP contribution in [0, 0.1) is 23.3 Å². The molecule has 0 aliphatic carbocycles. The summed E-state index contributed by atoms with van der Waals surface area (Å²) >= 11 is 0. The number of hydrogen-bond acceptors (Lipinski definition) is 2. The fraction of sp³-hybridized carbons (Fsp3) is 0.263. The molecule has 1 saturated heterocycles. The van der Waals surface area contributed by atoms with E-state index in [1.807, 2.05) is 0 Å². The van der Waals surface area contributed by atoms with Gasteiger partial charge in [0.15, 0.2) is 17.5 Å². The van der Waals surface area contributed by atoms with Crippen LogP contribution in [0.2, 0.25) is 0 Å². The standard InChI is InChI=1S/C19H16F4N2O2/c20-14-5-2-1-4-12(14)18(26)24-8-3-9-25(11-10-24)19(27)13-6-7-15(21)17(23)16(13)22/h1-2,4-7H,3,8-11H2. The summed E-state index contributed by atoms with van der Waals surface area (Å²) in [5.41, 5.74) is -0.633. The Hall–Kier alpha value is -2.90. The number of halogens is 4. The third-order valence-electron chi connectivity index (χ3n) is 4.44. The van der Waals surface area contributed by atoms with Crippen molar-refractivity contribution < 1.29 is 27.2 Å². The van der Waals surface area contributed by atoms with Gasteiger partial charge in [-0.25, -0.2) is 17.6 Å². The lowest BCUT2D eigenvalue weighted by atomic mass is 10.1. The molecular formula is C19H16F4N2O2. The number of carbonyl (C=O) groups is 2. The lowest BCUT2D eigenvalue weighted by Crippen LogP contribution is -2.38. The van der Waals surface area contributed by atoms with E-state index in [0.717, 1.165) is 6.07 Å². The van der Waals surface area contributed by atoms with E-state index in [-0.39, 0.29) is 31.7 Å². The number of hydrogen-bond donors (Lipinski definition) is 0. The highest BCUT2D eigenvalue weighted by Gasteiger charge is 2.27. The summed E-state index contributed by atoms with van der Waals surface area (Å²) in [4.78, 5) is 27.6. The second-order valence-electron chi connectivity index (χ2n) is 6.14. The molecule has 0 aromatic heterocycles. The Bertz CT molecular complexity index is 888. The third kappa shape index (κ3) is 3.79. The summed E-state index contributed by atoms with van der Waals surface area (Å²) in [6.07, 6.45) is 0.386. The lowest BCUT2D eigenvalue weighted by Gasteiger charge is -2.22. The minimum Gasteiger partial charge on any atom is -0.337 e. The quantitative estimate of drug-likeness (QED) is 0.593. The fourth-order valence-corrected chi connectivity index (χ4v) is 2.99. The zero-order valence-electron chi connectivity index (χ0n) is 14.2. The van der Waals surface area contributed by atoms with E-state index < -0.39 is 40.6 Å². The Labute approximate surface area is 153 Å². The van der Waals surface area contributed by atoms with Crippen molar-refractivity contribution in [3.63, 3.8) is 0 Å². The van der Waals surface area contributed by atoms with Crippen LogP contribution in [0.4, 0.5) is 17.6 Å². The van der Waals surface area contributed by atoms with Crippen LogP contribution in [-0.4, -0.2) is 47.8 Å². The van der Waals surface area contributed by atoms with Crippen molar-refractivity contribution in [2.24, 2.45) is 0 Å². The molecule has 0 spiro atoms. The molecule has 1 heterocycles. The SMILES string of the molecule is O=C(c1ccccc1F)N1CCCN(C(=O)c2ccc(F)c(F)c2F)CC1. The number of carbonyl (C=O) groups excluding carboxylic acids is 2. The molecule has 2 amide bonds. The first-order valence-corrected chi connectivity index (χ1v) is 8.36. The molecule has 0 saturated carbocycles. The Balaban J connectivity index is 1.73. The number of benzene rings is 2. The van der Waals surface area contributed by atoms with Gasteiger partial charge >= 0.3 is 0 Å². The van der Waals surface area contributed by atoms with Gasteiger partial charge < -0.3 is 9.80 Å². The molecule has 142 valence electrons. The van der Waals surface area contributed by atoms with Crippen LogP contribution in [0.25, 0.3) is 0 Å². The van der Waals surface area contributed by atoms with Gasteiger partial charge in [0.25, 0.3) is 11.8 Å². The van der Waals surface area contributed by atoms with Crippen LogP contribution >= 0.6 is 0 Å². The highest BCUT2D eigenvalue weighted by atomic mass is 19.2. The van der Waals surface area contributed by atoms with Gasteiger partial charge in [0.05, 0.1) is 11.1 Å². The first-order valence-electron chi connectivity index (χ1n) is 8.36. The molecule has 2 aromatic rings. The molecule has 8 heteroatoms. The maximum Gasteiger partial charge on any atom is 0.257 e. The summed E-state index contributed by atoms with van der Waals surface area (Å²) in [6, 6.07) is 7.18. The van der Waals surface area contributed by atoms with Gasteiger partial charge in [-0.15, -0.1) is 0 Å². The minimum atomic E-state index is -1.70. The Kier molecular flexibility index (Phi) is 5.43. The monoisotopic (exact) mass is 380 g/mol. The molecule has 0 radical (unpaired) electrons. The van der Waals surface area contributed by atoms with Crippen molar-refractivity contribution in [3.8, 4) is 0 Å².